The van der Waals surface area contributed by atoms with E-state index in [1.165, 1.54) is 0 Å². The van der Waals surface area contributed by atoms with Crippen molar-refractivity contribution in [1.82, 2.24) is 5.32 Å². The van der Waals surface area contributed by atoms with Gasteiger partial charge in [0.2, 0.25) is 0 Å². The van der Waals surface area contributed by atoms with Crippen LogP contribution in [0.3, 0.4) is 0 Å². The van der Waals surface area contributed by atoms with Crippen molar-refractivity contribution in [2.75, 3.05) is 6.54 Å². The van der Waals surface area contributed by atoms with E-state index in [2.05, 4.69) is 5.32 Å². The SMILES string of the molecule is CC(CCCNC(N)=O)O[SiH3]. The van der Waals surface area contributed by atoms with Gasteiger partial charge in [-0.2, -0.15) is 0 Å². The summed E-state index contributed by atoms with van der Waals surface area (Å²) in [5, 5.41) is 2.52. The number of urea groups is 1. The average Bonchev–Trinajstić information content (AvgIpc) is 1.97. The van der Waals surface area contributed by atoms with Crippen molar-refractivity contribution in [2.45, 2.75) is 25.9 Å². The molecule has 0 saturated carbocycles. The topological polar surface area (TPSA) is 64.3 Å². The maximum absolute atomic E-state index is 10.2. The standard InChI is InChI=1S/C6H16N2O2Si/c1-5(10-11)3-2-4-8-6(7)9/h5H,2-4H2,1,11H3,(H3,7,8,9). The van der Waals surface area contributed by atoms with Gasteiger partial charge in [0.05, 0.1) is 0 Å². The lowest BCUT2D eigenvalue weighted by atomic mass is 10.2. The number of carbonyl (C=O) groups excluding carboxylic acids is 1. The largest absolute Gasteiger partial charge is 0.425 e. The lowest BCUT2D eigenvalue weighted by Crippen LogP contribution is -2.30. The molecule has 0 saturated heterocycles. The highest BCUT2D eigenvalue weighted by Crippen LogP contribution is 1.97. The number of nitrogens with two attached hydrogens (primary N) is 1. The summed E-state index contributed by atoms with van der Waals surface area (Å²) in [7, 11) is 0.776. The Morgan fingerprint density at radius 2 is 2.45 bits per heavy atom. The number of hydrogen-bond acceptors (Lipinski definition) is 2. The monoisotopic (exact) mass is 176 g/mol. The first-order valence-corrected chi connectivity index (χ1v) is 4.54. The van der Waals surface area contributed by atoms with Gasteiger partial charge in [0.15, 0.2) is 0 Å². The van der Waals surface area contributed by atoms with Crippen LogP contribution in [0.2, 0.25) is 0 Å². The van der Waals surface area contributed by atoms with E-state index >= 15 is 0 Å². The smallest absolute Gasteiger partial charge is 0.312 e. The van der Waals surface area contributed by atoms with Crippen LogP contribution in [0.5, 0.6) is 0 Å². The molecule has 1 unspecified atom stereocenters. The molecule has 0 heterocycles. The molecule has 0 aromatic carbocycles. The number of carbonyl (C=O) groups is 1. The van der Waals surface area contributed by atoms with E-state index in [4.69, 9.17) is 10.2 Å². The maximum atomic E-state index is 10.2. The van der Waals surface area contributed by atoms with Crippen LogP contribution < -0.4 is 11.1 Å². The minimum absolute atomic E-state index is 0.316. The molecule has 11 heavy (non-hydrogen) atoms. The van der Waals surface area contributed by atoms with Crippen molar-refractivity contribution in [1.29, 1.82) is 0 Å². The second kappa shape index (κ2) is 6.18. The number of hydrogen-bond donors (Lipinski definition) is 2. The second-order valence-electron chi connectivity index (χ2n) is 2.48. The molecule has 0 aliphatic heterocycles. The highest BCUT2D eigenvalue weighted by Gasteiger charge is 1.97. The van der Waals surface area contributed by atoms with Crippen LogP contribution in [0.25, 0.3) is 0 Å². The Hall–Kier alpha value is -0.553. The van der Waals surface area contributed by atoms with Crippen LogP contribution in [0, 0.1) is 0 Å². The molecule has 0 aromatic rings. The molecule has 0 spiro atoms. The zero-order chi connectivity index (χ0) is 8.69. The highest BCUT2D eigenvalue weighted by molar-refractivity contribution is 5.98. The Bertz CT molecular complexity index is 121. The second-order valence-corrected chi connectivity index (χ2v) is 2.95. The fourth-order valence-electron chi connectivity index (χ4n) is 0.719. The Balaban J connectivity index is 3.08. The van der Waals surface area contributed by atoms with Crippen molar-refractivity contribution in [2.24, 2.45) is 5.73 Å². The predicted octanol–water partition coefficient (Wildman–Crippen LogP) is -0.880. The summed E-state index contributed by atoms with van der Waals surface area (Å²) in [6.45, 7) is 2.67. The first kappa shape index (κ1) is 10.4. The molecule has 0 fully saturated rings. The van der Waals surface area contributed by atoms with E-state index in [0.717, 1.165) is 23.3 Å². The molecular weight excluding hydrogens is 160 g/mol. The molecule has 4 nitrogen and oxygen atoms in total. The summed E-state index contributed by atoms with van der Waals surface area (Å²) in [5.74, 6) is 0. The molecule has 5 heteroatoms. The molecule has 2 amide bonds. The van der Waals surface area contributed by atoms with Gasteiger partial charge in [0.1, 0.15) is 10.5 Å². The lowest BCUT2D eigenvalue weighted by molar-refractivity contribution is 0.225. The molecule has 66 valence electrons. The molecule has 1 atom stereocenters. The minimum atomic E-state index is -0.454. The molecule has 0 aliphatic carbocycles. The maximum Gasteiger partial charge on any atom is 0.312 e. The van der Waals surface area contributed by atoms with Crippen molar-refractivity contribution in [3.8, 4) is 0 Å². The summed E-state index contributed by atoms with van der Waals surface area (Å²) in [6, 6.07) is -0.454. The molecule has 3 N–H and O–H groups in total. The Labute approximate surface area is 70.0 Å². The van der Waals surface area contributed by atoms with Gasteiger partial charge in [-0.3, -0.25) is 0 Å². The summed E-state index contributed by atoms with van der Waals surface area (Å²) in [5.41, 5.74) is 4.87. The van der Waals surface area contributed by atoms with E-state index in [9.17, 15) is 4.79 Å². The van der Waals surface area contributed by atoms with Crippen LogP contribution >= 0.6 is 0 Å². The van der Waals surface area contributed by atoms with Crippen LogP contribution in [0.4, 0.5) is 4.79 Å². The quantitative estimate of drug-likeness (QED) is 0.422. The van der Waals surface area contributed by atoms with Crippen molar-refractivity contribution in [3.63, 3.8) is 0 Å². The van der Waals surface area contributed by atoms with Crippen molar-refractivity contribution >= 4 is 16.5 Å². The van der Waals surface area contributed by atoms with Gasteiger partial charge < -0.3 is 15.5 Å². The van der Waals surface area contributed by atoms with Crippen molar-refractivity contribution in [3.05, 3.63) is 0 Å². The van der Waals surface area contributed by atoms with Crippen LogP contribution in [0.1, 0.15) is 19.8 Å². The normalized spacial score (nSPS) is 12.8. The summed E-state index contributed by atoms with van der Waals surface area (Å²) >= 11 is 0. The fourth-order valence-corrected chi connectivity index (χ4v) is 0.955. The van der Waals surface area contributed by atoms with E-state index in [-0.39, 0.29) is 0 Å². The first-order valence-electron chi connectivity index (χ1n) is 3.73. The zero-order valence-corrected chi connectivity index (χ0v) is 9.09. The van der Waals surface area contributed by atoms with Gasteiger partial charge in [-0.1, -0.05) is 0 Å². The van der Waals surface area contributed by atoms with Gasteiger partial charge in [0.25, 0.3) is 0 Å². The van der Waals surface area contributed by atoms with Gasteiger partial charge in [-0.05, 0) is 19.8 Å². The van der Waals surface area contributed by atoms with E-state index in [0.29, 0.717) is 12.6 Å². The molecule has 0 aliphatic rings. The van der Waals surface area contributed by atoms with Crippen LogP contribution in [-0.2, 0) is 4.43 Å². The minimum Gasteiger partial charge on any atom is -0.425 e. The third-order valence-electron chi connectivity index (χ3n) is 1.49. The number of amides is 2. The van der Waals surface area contributed by atoms with Gasteiger partial charge in [0, 0.05) is 12.6 Å². The molecule has 0 aromatic heterocycles. The number of rotatable bonds is 5. The molecule has 0 bridgehead atoms. The van der Waals surface area contributed by atoms with Crippen molar-refractivity contribution < 1.29 is 9.22 Å². The predicted molar refractivity (Wildman–Crippen MR) is 47.3 cm³/mol. The van der Waals surface area contributed by atoms with Crippen LogP contribution in [-0.4, -0.2) is 29.2 Å². The van der Waals surface area contributed by atoms with Crippen LogP contribution in [0.15, 0.2) is 0 Å². The lowest BCUT2D eigenvalue weighted by Gasteiger charge is -2.08. The molecular formula is C6H16N2O2Si. The van der Waals surface area contributed by atoms with E-state index in [1.54, 1.807) is 0 Å². The third-order valence-corrected chi connectivity index (χ3v) is 2.29. The average molecular weight is 176 g/mol. The van der Waals surface area contributed by atoms with Gasteiger partial charge >= 0.3 is 6.03 Å². The molecule has 0 rings (SSSR count). The highest BCUT2D eigenvalue weighted by atomic mass is 28.2. The summed E-state index contributed by atoms with van der Waals surface area (Å²) in [6.07, 6.45) is 2.21. The molecule has 0 radical (unpaired) electrons. The third kappa shape index (κ3) is 7.34. The number of nitrogens with one attached hydrogen (secondary N) is 1. The number of primary amides is 1. The Morgan fingerprint density at radius 3 is 2.91 bits per heavy atom. The Morgan fingerprint density at radius 1 is 1.82 bits per heavy atom. The van der Waals surface area contributed by atoms with Gasteiger partial charge in [-0.15, -0.1) is 0 Å². The Kier molecular flexibility index (Phi) is 5.87. The van der Waals surface area contributed by atoms with E-state index in [1.807, 2.05) is 6.92 Å². The zero-order valence-electron chi connectivity index (χ0n) is 7.09. The van der Waals surface area contributed by atoms with E-state index < -0.39 is 6.03 Å². The summed E-state index contributed by atoms with van der Waals surface area (Å²) < 4.78 is 5.15. The fraction of sp³-hybridized carbons (Fsp3) is 0.833. The first-order chi connectivity index (χ1) is 5.16. The van der Waals surface area contributed by atoms with Gasteiger partial charge in [-0.25, -0.2) is 4.79 Å². The summed E-state index contributed by atoms with van der Waals surface area (Å²) in [4.78, 5) is 10.2.